The fourth-order valence-electron chi connectivity index (χ4n) is 3.00. The predicted octanol–water partition coefficient (Wildman–Crippen LogP) is 3.30. The summed E-state index contributed by atoms with van der Waals surface area (Å²) in [6, 6.07) is 27.1. The number of rotatable bonds is 6. The van der Waals surface area contributed by atoms with E-state index in [0.717, 1.165) is 16.7 Å². The number of carbonyl (C=O) groups is 2. The van der Waals surface area contributed by atoms with Crippen molar-refractivity contribution in [2.24, 2.45) is 5.73 Å². The van der Waals surface area contributed by atoms with Gasteiger partial charge in [-0.15, -0.1) is 0 Å². The molecule has 3 aromatic carbocycles. The van der Waals surface area contributed by atoms with Crippen LogP contribution in [0.4, 0.5) is 4.79 Å². The molecule has 3 aromatic rings. The molecule has 3 amide bonds. The minimum atomic E-state index is -0.876. The number of benzene rings is 3. The standard InChI is InChI=1S/C22H21N3O2/c23-22(27)25-21(26)20(18-14-8-3-9-15-18)24-19(16-10-4-1-5-11-16)17-12-6-2-7-13-17/h1-15,19-20,24H,(H3,23,25,26,27). The van der Waals surface area contributed by atoms with Crippen LogP contribution in [0.3, 0.4) is 0 Å². The highest BCUT2D eigenvalue weighted by Crippen LogP contribution is 2.26. The molecule has 0 aromatic heterocycles. The van der Waals surface area contributed by atoms with E-state index < -0.39 is 18.0 Å². The van der Waals surface area contributed by atoms with Crippen molar-refractivity contribution in [3.05, 3.63) is 108 Å². The number of hydrogen-bond donors (Lipinski definition) is 3. The lowest BCUT2D eigenvalue weighted by Gasteiger charge is -2.26. The van der Waals surface area contributed by atoms with Gasteiger partial charge in [-0.05, 0) is 16.7 Å². The van der Waals surface area contributed by atoms with Crippen LogP contribution in [0.2, 0.25) is 0 Å². The van der Waals surface area contributed by atoms with E-state index in [0.29, 0.717) is 0 Å². The molecule has 0 saturated heterocycles. The second-order valence-electron chi connectivity index (χ2n) is 6.12. The molecule has 1 unspecified atom stereocenters. The normalized spacial score (nSPS) is 11.7. The maximum atomic E-state index is 12.7. The van der Waals surface area contributed by atoms with Gasteiger partial charge in [-0.2, -0.15) is 0 Å². The summed E-state index contributed by atoms with van der Waals surface area (Å²) in [6.07, 6.45) is 0. The SMILES string of the molecule is NC(=O)NC(=O)C(NC(c1ccccc1)c1ccccc1)c1ccccc1. The van der Waals surface area contributed by atoms with Crippen LogP contribution < -0.4 is 16.4 Å². The van der Waals surface area contributed by atoms with Gasteiger partial charge in [0.15, 0.2) is 0 Å². The number of amides is 3. The molecule has 0 heterocycles. The van der Waals surface area contributed by atoms with Crippen molar-refractivity contribution >= 4 is 11.9 Å². The Balaban J connectivity index is 1.99. The molecule has 0 aliphatic heterocycles. The molecule has 5 heteroatoms. The van der Waals surface area contributed by atoms with Crippen LogP contribution >= 0.6 is 0 Å². The van der Waals surface area contributed by atoms with Crippen LogP contribution in [-0.4, -0.2) is 11.9 Å². The lowest BCUT2D eigenvalue weighted by Crippen LogP contribution is -2.44. The zero-order chi connectivity index (χ0) is 19.1. The zero-order valence-electron chi connectivity index (χ0n) is 14.7. The molecule has 0 radical (unpaired) electrons. The van der Waals surface area contributed by atoms with E-state index in [9.17, 15) is 9.59 Å². The Morgan fingerprint density at radius 3 is 1.48 bits per heavy atom. The molecule has 0 bridgehead atoms. The Labute approximate surface area is 158 Å². The summed E-state index contributed by atoms with van der Waals surface area (Å²) in [7, 11) is 0. The maximum Gasteiger partial charge on any atom is 0.318 e. The lowest BCUT2D eigenvalue weighted by molar-refractivity contribution is -0.122. The van der Waals surface area contributed by atoms with E-state index in [4.69, 9.17) is 5.73 Å². The van der Waals surface area contributed by atoms with E-state index in [1.54, 1.807) is 0 Å². The second kappa shape index (κ2) is 8.78. The maximum absolute atomic E-state index is 12.7. The number of imide groups is 1. The average Bonchev–Trinajstić information content (AvgIpc) is 2.70. The van der Waals surface area contributed by atoms with Gasteiger partial charge in [0.2, 0.25) is 5.91 Å². The minimum Gasteiger partial charge on any atom is -0.351 e. The van der Waals surface area contributed by atoms with Crippen molar-refractivity contribution in [3.8, 4) is 0 Å². The van der Waals surface area contributed by atoms with Crippen molar-refractivity contribution in [1.29, 1.82) is 0 Å². The molecule has 0 aliphatic carbocycles. The molecule has 136 valence electrons. The van der Waals surface area contributed by atoms with Crippen LogP contribution in [0.15, 0.2) is 91.0 Å². The van der Waals surface area contributed by atoms with Crippen molar-refractivity contribution in [1.82, 2.24) is 10.6 Å². The van der Waals surface area contributed by atoms with Gasteiger partial charge < -0.3 is 5.73 Å². The Hall–Kier alpha value is -3.44. The Morgan fingerprint density at radius 2 is 1.07 bits per heavy atom. The Kier molecular flexibility index (Phi) is 5.97. The van der Waals surface area contributed by atoms with Gasteiger partial charge in [0, 0.05) is 0 Å². The summed E-state index contributed by atoms with van der Waals surface area (Å²) in [5, 5.41) is 5.58. The van der Waals surface area contributed by atoms with Gasteiger partial charge >= 0.3 is 6.03 Å². The number of hydrogen-bond acceptors (Lipinski definition) is 3. The first-order chi connectivity index (χ1) is 13.1. The smallest absolute Gasteiger partial charge is 0.318 e. The van der Waals surface area contributed by atoms with Crippen molar-refractivity contribution in [2.75, 3.05) is 0 Å². The largest absolute Gasteiger partial charge is 0.351 e. The van der Waals surface area contributed by atoms with Crippen LogP contribution in [0, 0.1) is 0 Å². The van der Waals surface area contributed by atoms with Gasteiger partial charge in [-0.3, -0.25) is 15.4 Å². The van der Waals surface area contributed by atoms with E-state index in [1.807, 2.05) is 91.0 Å². The zero-order valence-corrected chi connectivity index (χ0v) is 14.7. The lowest BCUT2D eigenvalue weighted by atomic mass is 9.96. The van der Waals surface area contributed by atoms with Gasteiger partial charge in [-0.1, -0.05) is 91.0 Å². The average molecular weight is 359 g/mol. The number of carbonyl (C=O) groups excluding carboxylic acids is 2. The van der Waals surface area contributed by atoms with E-state index in [2.05, 4.69) is 10.6 Å². The minimum absolute atomic E-state index is 0.240. The molecule has 0 spiro atoms. The van der Waals surface area contributed by atoms with Gasteiger partial charge in [0.25, 0.3) is 0 Å². The summed E-state index contributed by atoms with van der Waals surface area (Å²) < 4.78 is 0. The van der Waals surface area contributed by atoms with E-state index in [-0.39, 0.29) is 6.04 Å². The highest BCUT2D eigenvalue weighted by Gasteiger charge is 2.26. The molecule has 1 atom stereocenters. The first kappa shape index (κ1) is 18.4. The first-order valence-corrected chi connectivity index (χ1v) is 8.66. The fourth-order valence-corrected chi connectivity index (χ4v) is 3.00. The van der Waals surface area contributed by atoms with Crippen molar-refractivity contribution < 1.29 is 9.59 Å². The topological polar surface area (TPSA) is 84.2 Å². The van der Waals surface area contributed by atoms with Gasteiger partial charge in [0.1, 0.15) is 6.04 Å². The molecular formula is C22H21N3O2. The summed E-state index contributed by atoms with van der Waals surface area (Å²) in [5.74, 6) is -0.495. The second-order valence-corrected chi connectivity index (χ2v) is 6.12. The molecule has 0 aliphatic rings. The first-order valence-electron chi connectivity index (χ1n) is 8.66. The van der Waals surface area contributed by atoms with Crippen molar-refractivity contribution in [2.45, 2.75) is 12.1 Å². The predicted molar refractivity (Wildman–Crippen MR) is 105 cm³/mol. The molecule has 0 saturated carbocycles. The van der Waals surface area contributed by atoms with Crippen LogP contribution in [-0.2, 0) is 4.79 Å². The summed E-state index contributed by atoms with van der Waals surface area (Å²) in [5.41, 5.74) is 7.93. The third-order valence-corrected chi connectivity index (χ3v) is 4.24. The number of urea groups is 1. The summed E-state index contributed by atoms with van der Waals surface area (Å²) in [4.78, 5) is 23.9. The van der Waals surface area contributed by atoms with E-state index >= 15 is 0 Å². The van der Waals surface area contributed by atoms with Crippen LogP contribution in [0.1, 0.15) is 28.8 Å². The van der Waals surface area contributed by atoms with Gasteiger partial charge in [0.05, 0.1) is 6.04 Å². The summed E-state index contributed by atoms with van der Waals surface area (Å²) in [6.45, 7) is 0. The van der Waals surface area contributed by atoms with Crippen LogP contribution in [0.5, 0.6) is 0 Å². The fraction of sp³-hybridized carbons (Fsp3) is 0.0909. The molecule has 4 N–H and O–H groups in total. The van der Waals surface area contributed by atoms with Crippen LogP contribution in [0.25, 0.3) is 0 Å². The molecule has 0 fully saturated rings. The highest BCUT2D eigenvalue weighted by molar-refractivity contribution is 5.96. The van der Waals surface area contributed by atoms with E-state index in [1.165, 1.54) is 0 Å². The molecule has 27 heavy (non-hydrogen) atoms. The third-order valence-electron chi connectivity index (χ3n) is 4.24. The highest BCUT2D eigenvalue weighted by atomic mass is 16.2. The van der Waals surface area contributed by atoms with Gasteiger partial charge in [-0.25, -0.2) is 4.79 Å². The molecule has 3 rings (SSSR count). The number of nitrogens with one attached hydrogen (secondary N) is 2. The molecule has 5 nitrogen and oxygen atoms in total. The third kappa shape index (κ3) is 4.80. The molecular weight excluding hydrogens is 338 g/mol. The Morgan fingerprint density at radius 1 is 0.667 bits per heavy atom. The quantitative estimate of drug-likeness (QED) is 0.631. The number of nitrogens with two attached hydrogens (primary N) is 1. The number of primary amides is 1. The Bertz CT molecular complexity index is 844. The summed E-state index contributed by atoms with van der Waals surface area (Å²) >= 11 is 0. The van der Waals surface area contributed by atoms with Crippen molar-refractivity contribution in [3.63, 3.8) is 0 Å². The monoisotopic (exact) mass is 359 g/mol.